The van der Waals surface area contributed by atoms with Crippen LogP contribution in [0.4, 0.5) is 5.82 Å². The van der Waals surface area contributed by atoms with Gasteiger partial charge < -0.3 is 10.6 Å². The number of aryl methyl sites for hydroxylation is 1. The Morgan fingerprint density at radius 3 is 2.30 bits per heavy atom. The van der Waals surface area contributed by atoms with Crippen LogP contribution in [0.1, 0.15) is 16.1 Å². The zero-order chi connectivity index (χ0) is 20.8. The topological polar surface area (TPSA) is 84.7 Å². The van der Waals surface area contributed by atoms with Crippen molar-refractivity contribution in [3.05, 3.63) is 90.3 Å². The second kappa shape index (κ2) is 9.00. The number of nitrogens with one attached hydrogen (secondary N) is 2. The molecule has 0 spiro atoms. The second-order valence-corrected chi connectivity index (χ2v) is 6.80. The molecule has 30 heavy (non-hydrogen) atoms. The lowest BCUT2D eigenvalue weighted by Crippen LogP contribution is -2.28. The van der Waals surface area contributed by atoms with Gasteiger partial charge in [-0.2, -0.15) is 5.10 Å². The highest BCUT2D eigenvalue weighted by atomic mass is 16.1. The van der Waals surface area contributed by atoms with Crippen LogP contribution in [-0.2, 0) is 0 Å². The standard InChI is InChI=1S/C23H22N6O/c1-17-13-16-29(28-17)22-12-11-21(26-27-22)24-14-15-25-23(30)20-9-7-19(8-10-20)18-5-3-2-4-6-18/h2-13,16H,14-15H2,1H3,(H,24,26)(H,25,30). The van der Waals surface area contributed by atoms with Crippen LogP contribution in [0.5, 0.6) is 0 Å². The third-order valence-electron chi connectivity index (χ3n) is 4.58. The normalized spacial score (nSPS) is 10.6. The summed E-state index contributed by atoms with van der Waals surface area (Å²) in [4.78, 5) is 12.3. The van der Waals surface area contributed by atoms with Crippen molar-refractivity contribution in [1.82, 2.24) is 25.3 Å². The van der Waals surface area contributed by atoms with Crippen LogP contribution in [-0.4, -0.2) is 39.0 Å². The van der Waals surface area contributed by atoms with Gasteiger partial charge in [0, 0.05) is 24.8 Å². The fourth-order valence-corrected chi connectivity index (χ4v) is 3.00. The molecule has 7 heteroatoms. The second-order valence-electron chi connectivity index (χ2n) is 6.80. The maximum absolute atomic E-state index is 12.3. The Labute approximate surface area is 174 Å². The van der Waals surface area contributed by atoms with Crippen LogP contribution < -0.4 is 10.6 Å². The largest absolute Gasteiger partial charge is 0.367 e. The molecule has 4 rings (SSSR count). The lowest BCUT2D eigenvalue weighted by molar-refractivity contribution is 0.0955. The molecule has 0 bridgehead atoms. The van der Waals surface area contributed by atoms with Gasteiger partial charge in [0.2, 0.25) is 0 Å². The molecule has 0 aliphatic rings. The number of carbonyl (C=O) groups excluding carboxylic acids is 1. The molecule has 1 amide bonds. The van der Waals surface area contributed by atoms with Gasteiger partial charge in [0.05, 0.1) is 5.69 Å². The SMILES string of the molecule is Cc1ccn(-c2ccc(NCCNC(=O)c3ccc(-c4ccccc4)cc3)nn2)n1. The molecule has 0 saturated heterocycles. The molecule has 0 radical (unpaired) electrons. The smallest absolute Gasteiger partial charge is 0.251 e. The summed E-state index contributed by atoms with van der Waals surface area (Å²) in [6.45, 7) is 2.94. The monoisotopic (exact) mass is 398 g/mol. The Bertz CT molecular complexity index is 1100. The third-order valence-corrected chi connectivity index (χ3v) is 4.58. The van der Waals surface area contributed by atoms with Gasteiger partial charge in [0.15, 0.2) is 5.82 Å². The van der Waals surface area contributed by atoms with Crippen LogP contribution in [0.25, 0.3) is 16.9 Å². The van der Waals surface area contributed by atoms with E-state index in [9.17, 15) is 4.79 Å². The van der Waals surface area contributed by atoms with Crippen molar-refractivity contribution in [2.24, 2.45) is 0 Å². The van der Waals surface area contributed by atoms with Gasteiger partial charge in [-0.15, -0.1) is 10.2 Å². The summed E-state index contributed by atoms with van der Waals surface area (Å²) in [5.74, 6) is 1.19. The predicted molar refractivity (Wildman–Crippen MR) is 117 cm³/mol. The average Bonchev–Trinajstić information content (AvgIpc) is 3.24. The van der Waals surface area contributed by atoms with Crippen molar-refractivity contribution in [1.29, 1.82) is 0 Å². The predicted octanol–water partition coefficient (Wildman–Crippen LogP) is 3.48. The number of hydrogen-bond acceptors (Lipinski definition) is 5. The third kappa shape index (κ3) is 4.70. The number of carbonyl (C=O) groups is 1. The molecule has 4 aromatic rings. The summed E-state index contributed by atoms with van der Waals surface area (Å²) in [5, 5.41) is 18.7. The maximum Gasteiger partial charge on any atom is 0.251 e. The van der Waals surface area contributed by atoms with E-state index in [1.807, 2.05) is 85.9 Å². The molecule has 150 valence electrons. The molecule has 2 heterocycles. The average molecular weight is 398 g/mol. The number of aromatic nitrogens is 4. The van der Waals surface area contributed by atoms with Crippen molar-refractivity contribution >= 4 is 11.7 Å². The lowest BCUT2D eigenvalue weighted by atomic mass is 10.0. The maximum atomic E-state index is 12.3. The van der Waals surface area contributed by atoms with E-state index in [0.717, 1.165) is 16.8 Å². The van der Waals surface area contributed by atoms with E-state index >= 15 is 0 Å². The van der Waals surface area contributed by atoms with Crippen LogP contribution >= 0.6 is 0 Å². The van der Waals surface area contributed by atoms with Gasteiger partial charge >= 0.3 is 0 Å². The van der Waals surface area contributed by atoms with Crippen molar-refractivity contribution in [2.45, 2.75) is 6.92 Å². The highest BCUT2D eigenvalue weighted by Crippen LogP contribution is 2.19. The van der Waals surface area contributed by atoms with Crippen LogP contribution in [0.15, 0.2) is 79.0 Å². The van der Waals surface area contributed by atoms with E-state index in [0.29, 0.717) is 30.3 Å². The van der Waals surface area contributed by atoms with Gasteiger partial charge in [-0.05, 0) is 48.4 Å². The van der Waals surface area contributed by atoms with Crippen molar-refractivity contribution in [3.8, 4) is 16.9 Å². The zero-order valence-corrected chi connectivity index (χ0v) is 16.6. The first kappa shape index (κ1) is 19.3. The van der Waals surface area contributed by atoms with Gasteiger partial charge in [-0.3, -0.25) is 4.79 Å². The molecule has 0 fully saturated rings. The number of benzene rings is 2. The Kier molecular flexibility index (Phi) is 5.80. The molecule has 0 aliphatic carbocycles. The minimum atomic E-state index is -0.105. The van der Waals surface area contributed by atoms with E-state index < -0.39 is 0 Å². The Morgan fingerprint density at radius 2 is 1.63 bits per heavy atom. The fraction of sp³-hybridized carbons (Fsp3) is 0.130. The lowest BCUT2D eigenvalue weighted by Gasteiger charge is -2.08. The van der Waals surface area contributed by atoms with Gasteiger partial charge in [-0.1, -0.05) is 42.5 Å². The Balaban J connectivity index is 1.25. The van der Waals surface area contributed by atoms with Crippen molar-refractivity contribution in [2.75, 3.05) is 18.4 Å². The van der Waals surface area contributed by atoms with Gasteiger partial charge in [0.25, 0.3) is 5.91 Å². The van der Waals surface area contributed by atoms with Crippen LogP contribution in [0, 0.1) is 6.92 Å². The number of hydrogen-bond donors (Lipinski definition) is 2. The molecule has 0 unspecified atom stereocenters. The van der Waals surface area contributed by atoms with Gasteiger partial charge in [0.1, 0.15) is 5.82 Å². The summed E-state index contributed by atoms with van der Waals surface area (Å²) in [6, 6.07) is 23.3. The van der Waals surface area contributed by atoms with E-state index in [1.165, 1.54) is 0 Å². The van der Waals surface area contributed by atoms with E-state index in [-0.39, 0.29) is 5.91 Å². The number of rotatable bonds is 7. The first-order valence-corrected chi connectivity index (χ1v) is 9.73. The Hall–Kier alpha value is -4.00. The summed E-state index contributed by atoms with van der Waals surface area (Å²) < 4.78 is 1.68. The number of amides is 1. The minimum absolute atomic E-state index is 0.105. The molecule has 0 saturated carbocycles. The van der Waals surface area contributed by atoms with E-state index in [4.69, 9.17) is 0 Å². The van der Waals surface area contributed by atoms with Crippen LogP contribution in [0.3, 0.4) is 0 Å². The zero-order valence-electron chi connectivity index (χ0n) is 16.6. The minimum Gasteiger partial charge on any atom is -0.367 e. The molecule has 2 aromatic carbocycles. The first-order valence-electron chi connectivity index (χ1n) is 9.73. The molecule has 2 aromatic heterocycles. The van der Waals surface area contributed by atoms with Gasteiger partial charge in [-0.25, -0.2) is 4.68 Å². The first-order chi connectivity index (χ1) is 14.7. The number of nitrogens with zero attached hydrogens (tertiary/aromatic N) is 4. The summed E-state index contributed by atoms with van der Waals surface area (Å²) in [6.07, 6.45) is 1.84. The molecule has 2 N–H and O–H groups in total. The fourth-order valence-electron chi connectivity index (χ4n) is 3.00. The summed E-state index contributed by atoms with van der Waals surface area (Å²) >= 11 is 0. The van der Waals surface area contributed by atoms with E-state index in [1.54, 1.807) is 4.68 Å². The molecule has 7 nitrogen and oxygen atoms in total. The van der Waals surface area contributed by atoms with Crippen LogP contribution in [0.2, 0.25) is 0 Å². The van der Waals surface area contributed by atoms with Crippen molar-refractivity contribution in [3.63, 3.8) is 0 Å². The van der Waals surface area contributed by atoms with E-state index in [2.05, 4.69) is 25.9 Å². The summed E-state index contributed by atoms with van der Waals surface area (Å²) in [7, 11) is 0. The molecule has 0 atom stereocenters. The highest BCUT2D eigenvalue weighted by molar-refractivity contribution is 5.94. The molecular formula is C23H22N6O. The molecule has 0 aliphatic heterocycles. The highest BCUT2D eigenvalue weighted by Gasteiger charge is 2.06. The quantitative estimate of drug-likeness (QED) is 0.466. The number of anilines is 1. The molecular weight excluding hydrogens is 376 g/mol. The van der Waals surface area contributed by atoms with Crippen molar-refractivity contribution < 1.29 is 4.79 Å². The summed E-state index contributed by atoms with van der Waals surface area (Å²) in [5.41, 5.74) is 3.77. The Morgan fingerprint density at radius 1 is 0.867 bits per heavy atom.